The lowest BCUT2D eigenvalue weighted by Gasteiger charge is -2.23. The molecule has 0 saturated carbocycles. The van der Waals surface area contributed by atoms with E-state index >= 15 is 0 Å². The number of aromatic nitrogens is 1. The predicted octanol–water partition coefficient (Wildman–Crippen LogP) is 4.24. The summed E-state index contributed by atoms with van der Waals surface area (Å²) in [7, 11) is 1.55. The van der Waals surface area contributed by atoms with E-state index in [9.17, 15) is 9.59 Å². The minimum absolute atomic E-state index is 0.0664. The van der Waals surface area contributed by atoms with E-state index in [-0.39, 0.29) is 18.4 Å². The zero-order valence-electron chi connectivity index (χ0n) is 16.7. The Morgan fingerprint density at radius 3 is 2.67 bits per heavy atom. The van der Waals surface area contributed by atoms with Crippen LogP contribution in [0.5, 0.6) is 0 Å². The SMILES string of the molecule is CNC(=O)CNC(=O)c1c2c(nc3ccccc13)/C(=C/c1ccccc1Cl)CCC2. The molecule has 0 unspecified atom stereocenters. The number of amides is 2. The number of fused-ring (bicyclic) bond motifs is 2. The minimum Gasteiger partial charge on any atom is -0.358 e. The van der Waals surface area contributed by atoms with Gasteiger partial charge in [-0.05, 0) is 54.2 Å². The Morgan fingerprint density at radius 2 is 1.87 bits per heavy atom. The predicted molar refractivity (Wildman–Crippen MR) is 120 cm³/mol. The second-order valence-electron chi connectivity index (χ2n) is 7.23. The molecule has 1 aliphatic rings. The molecule has 0 aliphatic heterocycles. The first-order valence-electron chi connectivity index (χ1n) is 9.94. The van der Waals surface area contributed by atoms with Gasteiger partial charge in [0.15, 0.2) is 0 Å². The maximum atomic E-state index is 13.1. The second-order valence-corrected chi connectivity index (χ2v) is 7.64. The molecule has 0 bridgehead atoms. The van der Waals surface area contributed by atoms with Crippen LogP contribution in [0.15, 0.2) is 48.5 Å². The van der Waals surface area contributed by atoms with Gasteiger partial charge in [-0.15, -0.1) is 0 Å². The van der Waals surface area contributed by atoms with Crippen molar-refractivity contribution in [2.75, 3.05) is 13.6 Å². The summed E-state index contributed by atoms with van der Waals surface area (Å²) in [5.41, 5.74) is 5.12. The third kappa shape index (κ3) is 3.94. The van der Waals surface area contributed by atoms with Gasteiger partial charge < -0.3 is 10.6 Å². The summed E-state index contributed by atoms with van der Waals surface area (Å²) in [5, 5.41) is 6.75. The van der Waals surface area contributed by atoms with Gasteiger partial charge in [-0.2, -0.15) is 0 Å². The lowest BCUT2D eigenvalue weighted by atomic mass is 9.85. The molecule has 2 N–H and O–H groups in total. The molecule has 6 heteroatoms. The molecule has 0 spiro atoms. The molecular weight excluding hydrogens is 398 g/mol. The minimum atomic E-state index is -0.257. The van der Waals surface area contributed by atoms with Crippen LogP contribution in [0.3, 0.4) is 0 Å². The first kappa shape index (κ1) is 20.1. The normalized spacial score (nSPS) is 14.4. The molecule has 0 fully saturated rings. The highest BCUT2D eigenvalue weighted by molar-refractivity contribution is 6.32. The average Bonchev–Trinajstić information content (AvgIpc) is 2.77. The van der Waals surface area contributed by atoms with Crippen LogP contribution < -0.4 is 10.6 Å². The van der Waals surface area contributed by atoms with Gasteiger partial charge in [-0.25, -0.2) is 4.98 Å². The molecule has 0 atom stereocenters. The van der Waals surface area contributed by atoms with Crippen molar-refractivity contribution in [1.82, 2.24) is 15.6 Å². The van der Waals surface area contributed by atoms with Crippen LogP contribution in [0, 0.1) is 0 Å². The van der Waals surface area contributed by atoms with Crippen molar-refractivity contribution in [3.63, 3.8) is 0 Å². The number of rotatable bonds is 4. The van der Waals surface area contributed by atoms with Crippen molar-refractivity contribution in [1.29, 1.82) is 0 Å². The molecule has 0 radical (unpaired) electrons. The molecule has 5 nitrogen and oxygen atoms in total. The lowest BCUT2D eigenvalue weighted by molar-refractivity contribution is -0.119. The summed E-state index contributed by atoms with van der Waals surface area (Å²) in [6, 6.07) is 15.3. The van der Waals surface area contributed by atoms with Gasteiger partial charge in [-0.3, -0.25) is 9.59 Å². The van der Waals surface area contributed by atoms with Gasteiger partial charge in [0.05, 0.1) is 23.3 Å². The summed E-state index contributed by atoms with van der Waals surface area (Å²) in [6.07, 6.45) is 4.60. The number of likely N-dealkylation sites (N-methyl/N-ethyl adjacent to an activating group) is 1. The molecule has 0 saturated heterocycles. The van der Waals surface area contributed by atoms with Crippen LogP contribution in [-0.4, -0.2) is 30.4 Å². The van der Waals surface area contributed by atoms with Crippen LogP contribution in [-0.2, 0) is 11.2 Å². The Kier molecular flexibility index (Phi) is 5.81. The molecule has 1 aromatic heterocycles. The smallest absolute Gasteiger partial charge is 0.252 e. The largest absolute Gasteiger partial charge is 0.358 e. The second kappa shape index (κ2) is 8.67. The van der Waals surface area contributed by atoms with Gasteiger partial charge in [0, 0.05) is 17.5 Å². The van der Waals surface area contributed by atoms with Gasteiger partial charge >= 0.3 is 0 Å². The zero-order chi connectivity index (χ0) is 21.1. The number of hydrogen-bond acceptors (Lipinski definition) is 3. The fourth-order valence-electron chi connectivity index (χ4n) is 3.85. The number of para-hydroxylation sites is 1. The van der Waals surface area contributed by atoms with Gasteiger partial charge in [0.2, 0.25) is 5.91 Å². The highest BCUT2D eigenvalue weighted by Crippen LogP contribution is 2.36. The third-order valence-electron chi connectivity index (χ3n) is 5.32. The lowest BCUT2D eigenvalue weighted by Crippen LogP contribution is -2.36. The molecule has 3 aromatic rings. The van der Waals surface area contributed by atoms with Gasteiger partial charge in [0.25, 0.3) is 5.91 Å². The molecule has 1 heterocycles. The number of allylic oxidation sites excluding steroid dienone is 1. The highest BCUT2D eigenvalue weighted by atomic mass is 35.5. The number of pyridine rings is 1. The van der Waals surface area contributed by atoms with Crippen molar-refractivity contribution in [3.8, 4) is 0 Å². The topological polar surface area (TPSA) is 71.1 Å². The summed E-state index contributed by atoms with van der Waals surface area (Å²) in [6.45, 7) is -0.0664. The Morgan fingerprint density at radius 1 is 1.10 bits per heavy atom. The van der Waals surface area contributed by atoms with Gasteiger partial charge in [0.1, 0.15) is 0 Å². The standard InChI is InChI=1S/C24H22ClN3O2/c1-26-21(29)14-27-24(30)22-17-9-3-5-12-20(17)28-23-16(8-6-10-18(22)23)13-15-7-2-4-11-19(15)25/h2-5,7,9,11-13H,6,8,10,14H2,1H3,(H,26,29)(H,27,30)/b16-13+. The van der Waals surface area contributed by atoms with Crippen molar-refractivity contribution in [3.05, 3.63) is 75.9 Å². The molecule has 4 rings (SSSR count). The number of hydrogen-bond donors (Lipinski definition) is 2. The van der Waals surface area contributed by atoms with Crippen LogP contribution >= 0.6 is 11.6 Å². The summed E-state index contributed by atoms with van der Waals surface area (Å²) >= 11 is 6.36. The van der Waals surface area contributed by atoms with Gasteiger partial charge in [-0.1, -0.05) is 48.0 Å². The van der Waals surface area contributed by atoms with Crippen molar-refractivity contribution in [2.24, 2.45) is 0 Å². The van der Waals surface area contributed by atoms with Crippen molar-refractivity contribution in [2.45, 2.75) is 19.3 Å². The van der Waals surface area contributed by atoms with Crippen molar-refractivity contribution < 1.29 is 9.59 Å². The van der Waals surface area contributed by atoms with E-state index in [1.54, 1.807) is 7.05 Å². The van der Waals surface area contributed by atoms with E-state index in [2.05, 4.69) is 16.7 Å². The van der Waals surface area contributed by atoms with Crippen LogP contribution in [0.4, 0.5) is 0 Å². The summed E-state index contributed by atoms with van der Waals surface area (Å²) in [5.74, 6) is -0.498. The first-order valence-corrected chi connectivity index (χ1v) is 10.3. The number of benzene rings is 2. The average molecular weight is 420 g/mol. The highest BCUT2D eigenvalue weighted by Gasteiger charge is 2.25. The monoisotopic (exact) mass is 419 g/mol. The number of nitrogens with one attached hydrogen (secondary N) is 2. The molecule has 152 valence electrons. The first-order chi connectivity index (χ1) is 14.6. The number of halogens is 1. The molecule has 2 amide bonds. The number of nitrogens with zero attached hydrogens (tertiary/aromatic N) is 1. The maximum absolute atomic E-state index is 13.1. The van der Waals surface area contributed by atoms with Crippen LogP contribution in [0.2, 0.25) is 5.02 Å². The Labute approximate surface area is 180 Å². The van der Waals surface area contributed by atoms with E-state index in [0.717, 1.165) is 52.6 Å². The van der Waals surface area contributed by atoms with E-state index in [1.807, 2.05) is 48.5 Å². The summed E-state index contributed by atoms with van der Waals surface area (Å²) in [4.78, 5) is 29.6. The van der Waals surface area contributed by atoms with E-state index in [4.69, 9.17) is 16.6 Å². The Balaban J connectivity index is 1.86. The Bertz CT molecular complexity index is 1170. The number of carbonyl (C=O) groups is 2. The fourth-order valence-corrected chi connectivity index (χ4v) is 4.04. The van der Waals surface area contributed by atoms with E-state index in [0.29, 0.717) is 10.6 Å². The third-order valence-corrected chi connectivity index (χ3v) is 5.66. The molecule has 30 heavy (non-hydrogen) atoms. The fraction of sp³-hybridized carbons (Fsp3) is 0.208. The quantitative estimate of drug-likeness (QED) is 0.664. The van der Waals surface area contributed by atoms with E-state index < -0.39 is 0 Å². The maximum Gasteiger partial charge on any atom is 0.252 e. The molecule has 1 aliphatic carbocycles. The van der Waals surface area contributed by atoms with Crippen LogP contribution in [0.1, 0.15) is 40.0 Å². The Hall–Kier alpha value is -3.18. The summed E-state index contributed by atoms with van der Waals surface area (Å²) < 4.78 is 0. The van der Waals surface area contributed by atoms with Crippen LogP contribution in [0.25, 0.3) is 22.6 Å². The number of carbonyl (C=O) groups excluding carboxylic acids is 2. The van der Waals surface area contributed by atoms with Crippen molar-refractivity contribution >= 4 is 46.0 Å². The van der Waals surface area contributed by atoms with E-state index in [1.165, 1.54) is 0 Å². The molecular formula is C24H22ClN3O2. The zero-order valence-corrected chi connectivity index (χ0v) is 17.4. The molecule has 2 aromatic carbocycles.